The average Bonchev–Trinajstić information content (AvgIpc) is 2.80. The molecular formula is C25H31N3O3. The molecule has 1 aromatic heterocycles. The van der Waals surface area contributed by atoms with Gasteiger partial charge in [-0.15, -0.1) is 0 Å². The molecule has 1 fully saturated rings. The third kappa shape index (κ3) is 4.92. The Bertz CT molecular complexity index is 1100. The molecule has 3 aromatic rings. The number of rotatable bonds is 7. The van der Waals surface area contributed by atoms with Gasteiger partial charge in [-0.05, 0) is 60.5 Å². The lowest BCUT2D eigenvalue weighted by Gasteiger charge is -2.33. The molecule has 2 aromatic carbocycles. The monoisotopic (exact) mass is 421 g/mol. The fourth-order valence-corrected chi connectivity index (χ4v) is 4.28. The molecule has 164 valence electrons. The highest BCUT2D eigenvalue weighted by atomic mass is 16.5. The predicted molar refractivity (Wildman–Crippen MR) is 124 cm³/mol. The number of benzene rings is 2. The minimum atomic E-state index is 0.0619. The summed E-state index contributed by atoms with van der Waals surface area (Å²) in [5, 5.41) is 4.78. The van der Waals surface area contributed by atoms with Gasteiger partial charge in [0.1, 0.15) is 0 Å². The summed E-state index contributed by atoms with van der Waals surface area (Å²) in [5.74, 6) is 1.51. The number of aryl methyl sites for hydroxylation is 1. The lowest BCUT2D eigenvalue weighted by molar-refractivity contribution is 0.159. The van der Waals surface area contributed by atoms with E-state index < -0.39 is 0 Å². The van der Waals surface area contributed by atoms with Crippen molar-refractivity contribution in [2.45, 2.75) is 39.0 Å². The number of hydrogen-bond acceptors (Lipinski definition) is 5. The van der Waals surface area contributed by atoms with Gasteiger partial charge in [0.15, 0.2) is 11.5 Å². The molecule has 0 aliphatic carbocycles. The number of fused-ring (bicyclic) bond motifs is 1. The van der Waals surface area contributed by atoms with Crippen molar-refractivity contribution in [2.75, 3.05) is 27.3 Å². The lowest BCUT2D eigenvalue weighted by atomic mass is 10.0. The second kappa shape index (κ2) is 9.54. The Balaban J connectivity index is 1.35. The molecule has 0 saturated carbocycles. The van der Waals surface area contributed by atoms with Crippen LogP contribution in [0.1, 0.15) is 24.0 Å². The van der Waals surface area contributed by atoms with Crippen molar-refractivity contribution in [1.29, 1.82) is 0 Å². The van der Waals surface area contributed by atoms with Gasteiger partial charge < -0.3 is 14.8 Å². The third-order valence-corrected chi connectivity index (χ3v) is 6.12. The molecular weight excluding hydrogens is 390 g/mol. The van der Waals surface area contributed by atoms with Gasteiger partial charge in [-0.25, -0.2) is 0 Å². The van der Waals surface area contributed by atoms with Gasteiger partial charge in [0.25, 0.3) is 5.56 Å². The van der Waals surface area contributed by atoms with E-state index in [0.29, 0.717) is 12.7 Å². The molecule has 1 saturated heterocycles. The number of nitrogens with zero attached hydrogens (tertiary/aromatic N) is 2. The number of piperidine rings is 1. The summed E-state index contributed by atoms with van der Waals surface area (Å²) in [7, 11) is 3.31. The molecule has 0 bridgehead atoms. The number of ether oxygens (including phenoxy) is 2. The molecule has 4 rings (SSSR count). The van der Waals surface area contributed by atoms with Gasteiger partial charge in [-0.3, -0.25) is 14.3 Å². The van der Waals surface area contributed by atoms with E-state index in [0.717, 1.165) is 54.9 Å². The van der Waals surface area contributed by atoms with Crippen molar-refractivity contribution in [3.63, 3.8) is 0 Å². The minimum Gasteiger partial charge on any atom is -0.493 e. The van der Waals surface area contributed by atoms with E-state index in [1.54, 1.807) is 20.3 Å². The fraction of sp³-hybridized carbons (Fsp3) is 0.400. The first-order chi connectivity index (χ1) is 15.1. The molecule has 31 heavy (non-hydrogen) atoms. The zero-order valence-corrected chi connectivity index (χ0v) is 18.6. The largest absolute Gasteiger partial charge is 0.493 e. The van der Waals surface area contributed by atoms with Gasteiger partial charge in [0, 0.05) is 31.7 Å². The highest BCUT2D eigenvalue weighted by Crippen LogP contribution is 2.27. The number of methoxy groups -OCH3 is 2. The number of likely N-dealkylation sites (tertiary alicyclic amines) is 1. The van der Waals surface area contributed by atoms with E-state index >= 15 is 0 Å². The summed E-state index contributed by atoms with van der Waals surface area (Å²) in [6.07, 6.45) is 2.12. The second-order valence-electron chi connectivity index (χ2n) is 8.27. The summed E-state index contributed by atoms with van der Waals surface area (Å²) in [4.78, 5) is 14.9. The van der Waals surface area contributed by atoms with E-state index in [4.69, 9.17) is 9.47 Å². The van der Waals surface area contributed by atoms with E-state index in [1.807, 2.05) is 22.8 Å². The summed E-state index contributed by atoms with van der Waals surface area (Å²) in [5.41, 5.74) is 3.43. The van der Waals surface area contributed by atoms with E-state index in [-0.39, 0.29) is 5.56 Å². The van der Waals surface area contributed by atoms with Gasteiger partial charge in [0.2, 0.25) is 0 Å². The highest BCUT2D eigenvalue weighted by Gasteiger charge is 2.20. The number of pyridine rings is 1. The molecule has 2 heterocycles. The lowest BCUT2D eigenvalue weighted by Crippen LogP contribution is -2.44. The summed E-state index contributed by atoms with van der Waals surface area (Å²) < 4.78 is 12.6. The quantitative estimate of drug-likeness (QED) is 0.632. The van der Waals surface area contributed by atoms with Gasteiger partial charge in [0.05, 0.1) is 26.4 Å². The van der Waals surface area contributed by atoms with Crippen molar-refractivity contribution in [2.24, 2.45) is 0 Å². The summed E-state index contributed by atoms with van der Waals surface area (Å²) >= 11 is 0. The Morgan fingerprint density at radius 3 is 2.45 bits per heavy atom. The molecule has 0 unspecified atom stereocenters. The maximum absolute atomic E-state index is 12.5. The minimum absolute atomic E-state index is 0.0619. The molecule has 0 atom stereocenters. The van der Waals surface area contributed by atoms with Crippen molar-refractivity contribution in [3.8, 4) is 11.5 Å². The van der Waals surface area contributed by atoms with Crippen molar-refractivity contribution < 1.29 is 9.47 Å². The first kappa shape index (κ1) is 21.4. The van der Waals surface area contributed by atoms with Gasteiger partial charge in [-0.1, -0.05) is 18.2 Å². The molecule has 1 aliphatic rings. The van der Waals surface area contributed by atoms with Gasteiger partial charge >= 0.3 is 0 Å². The standard InChI is InChI=1S/C25H31N3O3/c1-18-4-6-20-7-9-25(29)28(22(20)14-18)17-27-12-10-21(11-13-27)26-16-19-5-8-23(30-2)24(15-19)31-3/h4-9,14-15,21,26H,10-13,16-17H2,1-3H3. The van der Waals surface area contributed by atoms with Crippen LogP contribution in [0.2, 0.25) is 0 Å². The first-order valence-electron chi connectivity index (χ1n) is 10.8. The third-order valence-electron chi connectivity index (χ3n) is 6.12. The topological polar surface area (TPSA) is 55.7 Å². The zero-order chi connectivity index (χ0) is 21.8. The number of hydrogen-bond donors (Lipinski definition) is 1. The maximum Gasteiger partial charge on any atom is 0.252 e. The first-order valence-corrected chi connectivity index (χ1v) is 10.8. The smallest absolute Gasteiger partial charge is 0.252 e. The van der Waals surface area contributed by atoms with E-state index in [2.05, 4.69) is 41.4 Å². The Hall–Kier alpha value is -2.83. The summed E-state index contributed by atoms with van der Waals surface area (Å²) in [6, 6.07) is 16.4. The van der Waals surface area contributed by atoms with Crippen LogP contribution in [0.5, 0.6) is 11.5 Å². The zero-order valence-electron chi connectivity index (χ0n) is 18.6. The Labute approximate surface area is 183 Å². The van der Waals surface area contributed by atoms with Crippen LogP contribution in [0, 0.1) is 6.92 Å². The number of aromatic nitrogens is 1. The molecule has 6 heteroatoms. The Kier molecular flexibility index (Phi) is 6.59. The highest BCUT2D eigenvalue weighted by molar-refractivity contribution is 5.79. The number of nitrogens with one attached hydrogen (secondary N) is 1. The average molecular weight is 422 g/mol. The Morgan fingerprint density at radius 2 is 1.71 bits per heavy atom. The van der Waals surface area contributed by atoms with Crippen LogP contribution < -0.4 is 20.3 Å². The van der Waals surface area contributed by atoms with E-state index in [9.17, 15) is 4.79 Å². The molecule has 0 amide bonds. The van der Waals surface area contributed by atoms with Crippen molar-refractivity contribution in [1.82, 2.24) is 14.8 Å². The molecule has 1 N–H and O–H groups in total. The summed E-state index contributed by atoms with van der Waals surface area (Å²) in [6.45, 7) is 5.45. The fourth-order valence-electron chi connectivity index (χ4n) is 4.28. The van der Waals surface area contributed by atoms with Crippen LogP contribution in [0.25, 0.3) is 10.9 Å². The van der Waals surface area contributed by atoms with Crippen LogP contribution in [0.3, 0.4) is 0 Å². The normalized spacial score (nSPS) is 15.3. The maximum atomic E-state index is 12.5. The van der Waals surface area contributed by atoms with Crippen molar-refractivity contribution in [3.05, 3.63) is 70.0 Å². The van der Waals surface area contributed by atoms with Crippen LogP contribution in [-0.4, -0.2) is 42.8 Å². The molecule has 0 spiro atoms. The molecule has 6 nitrogen and oxygen atoms in total. The SMILES string of the molecule is COc1ccc(CNC2CCN(Cn3c(=O)ccc4ccc(C)cc43)CC2)cc1OC. The van der Waals surface area contributed by atoms with E-state index in [1.165, 1.54) is 11.1 Å². The van der Waals surface area contributed by atoms with Gasteiger partial charge in [-0.2, -0.15) is 0 Å². The van der Waals surface area contributed by atoms with Crippen LogP contribution in [0.4, 0.5) is 0 Å². The second-order valence-corrected chi connectivity index (χ2v) is 8.27. The van der Waals surface area contributed by atoms with Crippen molar-refractivity contribution >= 4 is 10.9 Å². The van der Waals surface area contributed by atoms with Crippen LogP contribution >= 0.6 is 0 Å². The molecule has 0 radical (unpaired) electrons. The van der Waals surface area contributed by atoms with Crippen LogP contribution in [0.15, 0.2) is 53.3 Å². The van der Waals surface area contributed by atoms with Crippen LogP contribution in [-0.2, 0) is 13.2 Å². The predicted octanol–water partition coefficient (Wildman–Crippen LogP) is 3.54. The molecule has 1 aliphatic heterocycles. The Morgan fingerprint density at radius 1 is 0.968 bits per heavy atom.